The Morgan fingerprint density at radius 1 is 1.00 bits per heavy atom. The Kier molecular flexibility index (Phi) is 2.81. The summed E-state index contributed by atoms with van der Waals surface area (Å²) in [6.07, 6.45) is 0. The Balaban J connectivity index is 2.62. The molecule has 0 unspecified atom stereocenters. The van der Waals surface area contributed by atoms with Gasteiger partial charge in [-0.05, 0) is 56.0 Å². The quantitative estimate of drug-likeness (QED) is 0.827. The number of hydrogen-bond donors (Lipinski definition) is 2. The normalized spacial score (nSPS) is 16.1. The van der Waals surface area contributed by atoms with Gasteiger partial charge in [0.2, 0.25) is 0 Å². The van der Waals surface area contributed by atoms with Gasteiger partial charge in [0.1, 0.15) is 0 Å². The highest BCUT2D eigenvalue weighted by molar-refractivity contribution is 5.44. The molecule has 94 valence electrons. The van der Waals surface area contributed by atoms with Crippen molar-refractivity contribution >= 4 is 0 Å². The molecular formula is C14H20O3. The summed E-state index contributed by atoms with van der Waals surface area (Å²) in [6, 6.07) is 3.85. The number of benzene rings is 1. The van der Waals surface area contributed by atoms with Crippen LogP contribution in [0.25, 0.3) is 0 Å². The first-order valence-electron chi connectivity index (χ1n) is 5.89. The summed E-state index contributed by atoms with van der Waals surface area (Å²) in [5.74, 6) is 0. The minimum absolute atomic E-state index is 0.542. The molecule has 2 N–H and O–H groups in total. The highest BCUT2D eigenvalue weighted by atomic mass is 16.5. The van der Waals surface area contributed by atoms with E-state index in [1.54, 1.807) is 27.7 Å². The van der Waals surface area contributed by atoms with Crippen molar-refractivity contribution in [3.8, 4) is 0 Å². The van der Waals surface area contributed by atoms with Crippen LogP contribution in [0.2, 0.25) is 0 Å². The second kappa shape index (κ2) is 3.80. The molecular weight excluding hydrogens is 216 g/mol. The maximum absolute atomic E-state index is 10.2. The van der Waals surface area contributed by atoms with Gasteiger partial charge >= 0.3 is 0 Å². The lowest BCUT2D eigenvalue weighted by Crippen LogP contribution is -2.22. The fraction of sp³-hybridized carbons (Fsp3) is 0.571. The van der Waals surface area contributed by atoms with Gasteiger partial charge in [-0.2, -0.15) is 0 Å². The van der Waals surface area contributed by atoms with Gasteiger partial charge in [0.25, 0.3) is 0 Å². The molecule has 1 aliphatic heterocycles. The largest absolute Gasteiger partial charge is 0.386 e. The van der Waals surface area contributed by atoms with Gasteiger partial charge in [0, 0.05) is 0 Å². The van der Waals surface area contributed by atoms with Gasteiger partial charge in [0.15, 0.2) is 0 Å². The van der Waals surface area contributed by atoms with Crippen molar-refractivity contribution in [2.75, 3.05) is 0 Å². The standard InChI is InChI=1S/C14H20O3/c1-13(2,15)10-5-9-7-17-8-11(9)12(6-10)14(3,4)16/h5-6,15-16H,7-8H2,1-4H3. The van der Waals surface area contributed by atoms with E-state index in [2.05, 4.69) is 0 Å². The van der Waals surface area contributed by atoms with E-state index >= 15 is 0 Å². The van der Waals surface area contributed by atoms with E-state index in [1.165, 1.54) is 0 Å². The molecule has 0 aromatic heterocycles. The van der Waals surface area contributed by atoms with Crippen LogP contribution in [0, 0.1) is 0 Å². The maximum atomic E-state index is 10.2. The number of aliphatic hydroxyl groups is 2. The van der Waals surface area contributed by atoms with Crippen LogP contribution >= 0.6 is 0 Å². The predicted octanol–water partition coefficient (Wildman–Crippen LogP) is 2.17. The molecule has 1 aromatic carbocycles. The van der Waals surface area contributed by atoms with Crippen LogP contribution < -0.4 is 0 Å². The van der Waals surface area contributed by atoms with Crippen LogP contribution in [-0.4, -0.2) is 10.2 Å². The van der Waals surface area contributed by atoms with Crippen molar-refractivity contribution < 1.29 is 14.9 Å². The molecule has 1 aromatic rings. The molecule has 0 bridgehead atoms. The molecule has 0 atom stereocenters. The minimum Gasteiger partial charge on any atom is -0.386 e. The monoisotopic (exact) mass is 236 g/mol. The van der Waals surface area contributed by atoms with Crippen LogP contribution in [0.15, 0.2) is 12.1 Å². The number of ether oxygens (including phenoxy) is 1. The molecule has 0 radical (unpaired) electrons. The summed E-state index contributed by atoms with van der Waals surface area (Å²) < 4.78 is 5.43. The van der Waals surface area contributed by atoms with Crippen molar-refractivity contribution in [1.82, 2.24) is 0 Å². The maximum Gasteiger partial charge on any atom is 0.0844 e. The fourth-order valence-corrected chi connectivity index (χ4v) is 2.19. The third-order valence-electron chi connectivity index (χ3n) is 3.21. The van der Waals surface area contributed by atoms with E-state index in [0.717, 1.165) is 22.3 Å². The fourth-order valence-electron chi connectivity index (χ4n) is 2.19. The Hall–Kier alpha value is -0.900. The van der Waals surface area contributed by atoms with Crippen LogP contribution in [0.3, 0.4) is 0 Å². The SMILES string of the molecule is CC(C)(O)c1cc2c(c(C(C)(C)O)c1)COC2. The van der Waals surface area contributed by atoms with Gasteiger partial charge in [-0.15, -0.1) is 0 Å². The number of hydrogen-bond acceptors (Lipinski definition) is 3. The molecule has 0 amide bonds. The summed E-state index contributed by atoms with van der Waals surface area (Å²) in [5, 5.41) is 20.3. The van der Waals surface area contributed by atoms with Crippen molar-refractivity contribution in [3.63, 3.8) is 0 Å². The van der Waals surface area contributed by atoms with Gasteiger partial charge in [-0.3, -0.25) is 0 Å². The van der Waals surface area contributed by atoms with E-state index < -0.39 is 11.2 Å². The number of rotatable bonds is 2. The first-order valence-corrected chi connectivity index (χ1v) is 5.89. The second-order valence-electron chi connectivity index (χ2n) is 5.77. The summed E-state index contributed by atoms with van der Waals surface area (Å²) >= 11 is 0. The third kappa shape index (κ3) is 2.37. The Morgan fingerprint density at radius 2 is 1.65 bits per heavy atom. The minimum atomic E-state index is -0.918. The van der Waals surface area contributed by atoms with Gasteiger partial charge in [-0.1, -0.05) is 6.07 Å². The third-order valence-corrected chi connectivity index (χ3v) is 3.21. The Bertz CT molecular complexity index is 436. The molecule has 0 saturated heterocycles. The zero-order valence-corrected chi connectivity index (χ0v) is 10.9. The average molecular weight is 236 g/mol. The second-order valence-corrected chi connectivity index (χ2v) is 5.77. The molecule has 0 spiro atoms. The molecule has 0 saturated carbocycles. The lowest BCUT2D eigenvalue weighted by molar-refractivity contribution is 0.0702. The average Bonchev–Trinajstić information content (AvgIpc) is 2.59. The van der Waals surface area contributed by atoms with E-state index in [0.29, 0.717) is 13.2 Å². The Morgan fingerprint density at radius 3 is 2.18 bits per heavy atom. The van der Waals surface area contributed by atoms with E-state index in [1.807, 2.05) is 12.1 Å². The topological polar surface area (TPSA) is 49.7 Å². The highest BCUT2D eigenvalue weighted by Gasteiger charge is 2.28. The summed E-state index contributed by atoms with van der Waals surface area (Å²) in [5.41, 5.74) is 1.98. The molecule has 3 heteroatoms. The van der Waals surface area contributed by atoms with Crippen molar-refractivity contribution in [3.05, 3.63) is 34.4 Å². The van der Waals surface area contributed by atoms with E-state index in [4.69, 9.17) is 4.74 Å². The molecule has 17 heavy (non-hydrogen) atoms. The van der Waals surface area contributed by atoms with Crippen molar-refractivity contribution in [2.24, 2.45) is 0 Å². The lowest BCUT2D eigenvalue weighted by atomic mass is 9.85. The lowest BCUT2D eigenvalue weighted by Gasteiger charge is -2.25. The molecule has 1 aliphatic rings. The molecule has 3 nitrogen and oxygen atoms in total. The van der Waals surface area contributed by atoms with Crippen LogP contribution in [0.5, 0.6) is 0 Å². The van der Waals surface area contributed by atoms with Gasteiger partial charge < -0.3 is 14.9 Å². The number of fused-ring (bicyclic) bond motifs is 1. The van der Waals surface area contributed by atoms with E-state index in [9.17, 15) is 10.2 Å². The van der Waals surface area contributed by atoms with Crippen molar-refractivity contribution in [2.45, 2.75) is 52.1 Å². The van der Waals surface area contributed by atoms with Crippen LogP contribution in [0.4, 0.5) is 0 Å². The van der Waals surface area contributed by atoms with Crippen LogP contribution in [0.1, 0.15) is 49.9 Å². The zero-order chi connectivity index (χ0) is 12.8. The summed E-state index contributed by atoms with van der Waals surface area (Å²) in [4.78, 5) is 0. The molecule has 1 heterocycles. The Labute approximate surface area is 102 Å². The predicted molar refractivity (Wildman–Crippen MR) is 65.4 cm³/mol. The van der Waals surface area contributed by atoms with Gasteiger partial charge in [0.05, 0.1) is 24.4 Å². The molecule has 0 aliphatic carbocycles. The van der Waals surface area contributed by atoms with Crippen LogP contribution in [-0.2, 0) is 29.2 Å². The highest BCUT2D eigenvalue weighted by Crippen LogP contribution is 2.35. The smallest absolute Gasteiger partial charge is 0.0844 e. The molecule has 0 fully saturated rings. The summed E-state index contributed by atoms with van der Waals surface area (Å²) in [6.45, 7) is 8.12. The first-order chi connectivity index (χ1) is 7.69. The van der Waals surface area contributed by atoms with Gasteiger partial charge in [-0.25, -0.2) is 0 Å². The zero-order valence-electron chi connectivity index (χ0n) is 10.9. The first kappa shape index (κ1) is 12.6. The van der Waals surface area contributed by atoms with Crippen molar-refractivity contribution in [1.29, 1.82) is 0 Å². The van der Waals surface area contributed by atoms with E-state index in [-0.39, 0.29) is 0 Å². The summed E-state index contributed by atoms with van der Waals surface area (Å²) in [7, 11) is 0. The molecule has 2 rings (SSSR count).